The van der Waals surface area contributed by atoms with Gasteiger partial charge in [0, 0.05) is 19.1 Å². The van der Waals surface area contributed by atoms with Crippen molar-refractivity contribution in [2.45, 2.75) is 6.92 Å². The Morgan fingerprint density at radius 2 is 1.75 bits per heavy atom. The summed E-state index contributed by atoms with van der Waals surface area (Å²) in [5.74, 6) is -0.232. The van der Waals surface area contributed by atoms with Gasteiger partial charge in [-0.3, -0.25) is 4.79 Å². The molecule has 3 N–H and O–H groups in total. The van der Waals surface area contributed by atoms with Gasteiger partial charge in [0.2, 0.25) is 0 Å². The molecule has 3 nitrogen and oxygen atoms in total. The molecule has 2 aromatic rings. The maximum Gasteiger partial charge on any atom is 0.258 e. The molecular weight excluding hydrogens is 452 g/mol. The fourth-order valence-electron chi connectivity index (χ4n) is 1.84. The number of hydrogen-bond donors (Lipinski definition) is 2. The third-order valence-corrected chi connectivity index (χ3v) is 4.49. The summed E-state index contributed by atoms with van der Waals surface area (Å²) in [5.41, 5.74) is 8.35. The predicted octanol–water partition coefficient (Wildman–Crippen LogP) is 5.12. The van der Waals surface area contributed by atoms with Crippen LogP contribution in [0, 0.1) is 6.92 Å². The topological polar surface area (TPSA) is 55.1 Å². The van der Waals surface area contributed by atoms with E-state index in [9.17, 15) is 4.79 Å². The molecule has 0 saturated carbocycles. The van der Waals surface area contributed by atoms with E-state index in [1.807, 2.05) is 31.2 Å². The molecule has 0 aliphatic carbocycles. The number of anilines is 2. The van der Waals surface area contributed by atoms with E-state index in [2.05, 4.69) is 53.1 Å². The second-order valence-electron chi connectivity index (χ2n) is 4.24. The molecule has 2 rings (SSSR count). The van der Waals surface area contributed by atoms with Crippen molar-refractivity contribution in [3.8, 4) is 0 Å². The average molecular weight is 463 g/mol. The Kier molecular flexibility index (Phi) is 4.88. The summed E-state index contributed by atoms with van der Waals surface area (Å²) in [6.07, 6.45) is 0. The van der Waals surface area contributed by atoms with Crippen molar-refractivity contribution >= 4 is 65.1 Å². The second kappa shape index (κ2) is 6.28. The minimum absolute atomic E-state index is 0.232. The molecule has 0 bridgehead atoms. The molecule has 0 heterocycles. The van der Waals surface area contributed by atoms with Gasteiger partial charge >= 0.3 is 0 Å². The monoisotopic (exact) mass is 460 g/mol. The molecule has 0 aliphatic heterocycles. The number of amides is 1. The lowest BCUT2D eigenvalue weighted by Gasteiger charge is -2.13. The molecule has 0 aromatic heterocycles. The predicted molar refractivity (Wildman–Crippen MR) is 93.1 cm³/mol. The zero-order valence-corrected chi connectivity index (χ0v) is 15.3. The number of aryl methyl sites for hydroxylation is 1. The van der Waals surface area contributed by atoms with Gasteiger partial charge in [0.05, 0.1) is 11.3 Å². The summed E-state index contributed by atoms with van der Waals surface area (Å²) >= 11 is 10.2. The smallest absolute Gasteiger partial charge is 0.258 e. The first-order valence-electron chi connectivity index (χ1n) is 5.71. The van der Waals surface area contributed by atoms with Crippen LogP contribution in [0.25, 0.3) is 0 Å². The van der Waals surface area contributed by atoms with Crippen LogP contribution in [0.3, 0.4) is 0 Å². The molecule has 0 saturated heterocycles. The van der Waals surface area contributed by atoms with E-state index in [0.717, 1.165) is 19.0 Å². The van der Waals surface area contributed by atoms with E-state index in [-0.39, 0.29) is 5.91 Å². The third kappa shape index (κ3) is 3.24. The standard InChI is InChI=1S/C14H11Br3N2O/c1-7-3-2-4-11(18)12(7)14(20)19-13-9(16)5-8(15)6-10(13)17/h2-6H,18H2,1H3,(H,19,20). The Morgan fingerprint density at radius 1 is 1.15 bits per heavy atom. The average Bonchev–Trinajstić information content (AvgIpc) is 2.33. The summed E-state index contributed by atoms with van der Waals surface area (Å²) in [7, 11) is 0. The normalized spacial score (nSPS) is 10.4. The number of rotatable bonds is 2. The molecule has 0 radical (unpaired) electrons. The fraction of sp³-hybridized carbons (Fsp3) is 0.0714. The zero-order chi connectivity index (χ0) is 14.9. The lowest BCUT2D eigenvalue weighted by molar-refractivity contribution is 0.102. The second-order valence-corrected chi connectivity index (χ2v) is 6.86. The lowest BCUT2D eigenvalue weighted by atomic mass is 10.1. The number of hydrogen-bond acceptors (Lipinski definition) is 2. The van der Waals surface area contributed by atoms with Crippen LogP contribution < -0.4 is 11.1 Å². The summed E-state index contributed by atoms with van der Waals surface area (Å²) < 4.78 is 2.46. The number of nitrogen functional groups attached to an aromatic ring is 1. The fourth-order valence-corrected chi connectivity index (χ4v) is 4.30. The Balaban J connectivity index is 2.38. The van der Waals surface area contributed by atoms with Gasteiger partial charge in [-0.15, -0.1) is 0 Å². The Bertz CT molecular complexity index is 643. The van der Waals surface area contributed by atoms with Gasteiger partial charge in [0.25, 0.3) is 5.91 Å². The largest absolute Gasteiger partial charge is 0.398 e. The maximum atomic E-state index is 12.4. The van der Waals surface area contributed by atoms with E-state index >= 15 is 0 Å². The number of benzene rings is 2. The van der Waals surface area contributed by atoms with E-state index in [1.54, 1.807) is 6.07 Å². The Labute approximate surface area is 142 Å². The summed E-state index contributed by atoms with van der Waals surface area (Å²) in [6.45, 7) is 1.86. The van der Waals surface area contributed by atoms with Gasteiger partial charge < -0.3 is 11.1 Å². The van der Waals surface area contributed by atoms with E-state index < -0.39 is 0 Å². The van der Waals surface area contributed by atoms with Crippen molar-refractivity contribution in [3.05, 3.63) is 54.9 Å². The SMILES string of the molecule is Cc1cccc(N)c1C(=O)Nc1c(Br)cc(Br)cc1Br. The zero-order valence-electron chi connectivity index (χ0n) is 10.5. The first-order chi connectivity index (χ1) is 9.40. The molecule has 0 unspecified atom stereocenters. The number of halogens is 3. The van der Waals surface area contributed by atoms with Crippen molar-refractivity contribution in [2.24, 2.45) is 0 Å². The number of nitrogens with two attached hydrogens (primary N) is 1. The summed E-state index contributed by atoms with van der Waals surface area (Å²) in [6, 6.07) is 9.13. The molecule has 0 aliphatic rings. The molecule has 1 amide bonds. The number of nitrogens with one attached hydrogen (secondary N) is 1. The van der Waals surface area contributed by atoms with Crippen LogP contribution in [-0.2, 0) is 0 Å². The van der Waals surface area contributed by atoms with Crippen LogP contribution in [0.15, 0.2) is 43.7 Å². The maximum absolute atomic E-state index is 12.4. The lowest BCUT2D eigenvalue weighted by Crippen LogP contribution is -2.16. The number of carbonyl (C=O) groups is 1. The molecule has 104 valence electrons. The third-order valence-electron chi connectivity index (χ3n) is 2.78. The Hall–Kier alpha value is -0.850. The van der Waals surface area contributed by atoms with Gasteiger partial charge in [0.15, 0.2) is 0 Å². The van der Waals surface area contributed by atoms with Gasteiger partial charge in [-0.1, -0.05) is 28.1 Å². The van der Waals surface area contributed by atoms with Crippen molar-refractivity contribution in [1.29, 1.82) is 0 Å². The van der Waals surface area contributed by atoms with Crippen molar-refractivity contribution in [3.63, 3.8) is 0 Å². The minimum Gasteiger partial charge on any atom is -0.398 e. The van der Waals surface area contributed by atoms with E-state index in [0.29, 0.717) is 16.9 Å². The number of carbonyl (C=O) groups excluding carboxylic acids is 1. The molecule has 2 aromatic carbocycles. The van der Waals surface area contributed by atoms with Gasteiger partial charge in [-0.25, -0.2) is 0 Å². The van der Waals surface area contributed by atoms with Crippen LogP contribution in [0.2, 0.25) is 0 Å². The van der Waals surface area contributed by atoms with Crippen molar-refractivity contribution in [2.75, 3.05) is 11.1 Å². The molecule has 0 atom stereocenters. The summed E-state index contributed by atoms with van der Waals surface area (Å²) in [4.78, 5) is 12.4. The van der Waals surface area contributed by atoms with Crippen LogP contribution in [0.1, 0.15) is 15.9 Å². The highest BCUT2D eigenvalue weighted by molar-refractivity contribution is 9.11. The molecule has 0 spiro atoms. The van der Waals surface area contributed by atoms with Crippen molar-refractivity contribution < 1.29 is 4.79 Å². The summed E-state index contributed by atoms with van der Waals surface area (Å²) in [5, 5.41) is 2.87. The first-order valence-corrected chi connectivity index (χ1v) is 8.09. The molecular formula is C14H11Br3N2O. The Morgan fingerprint density at radius 3 is 2.30 bits per heavy atom. The van der Waals surface area contributed by atoms with Gasteiger partial charge in [-0.05, 0) is 62.5 Å². The van der Waals surface area contributed by atoms with Crippen LogP contribution in [0.4, 0.5) is 11.4 Å². The van der Waals surface area contributed by atoms with Crippen LogP contribution in [0.5, 0.6) is 0 Å². The van der Waals surface area contributed by atoms with Crippen LogP contribution in [-0.4, -0.2) is 5.91 Å². The first kappa shape index (κ1) is 15.5. The highest BCUT2D eigenvalue weighted by Gasteiger charge is 2.16. The van der Waals surface area contributed by atoms with E-state index in [4.69, 9.17) is 5.73 Å². The minimum atomic E-state index is -0.232. The highest BCUT2D eigenvalue weighted by Crippen LogP contribution is 2.35. The van der Waals surface area contributed by atoms with Crippen molar-refractivity contribution in [1.82, 2.24) is 0 Å². The quantitative estimate of drug-likeness (QED) is 0.609. The van der Waals surface area contributed by atoms with Gasteiger partial charge in [0.1, 0.15) is 0 Å². The van der Waals surface area contributed by atoms with E-state index in [1.165, 1.54) is 0 Å². The molecule has 20 heavy (non-hydrogen) atoms. The highest BCUT2D eigenvalue weighted by atomic mass is 79.9. The van der Waals surface area contributed by atoms with Crippen LogP contribution >= 0.6 is 47.8 Å². The van der Waals surface area contributed by atoms with Gasteiger partial charge in [-0.2, -0.15) is 0 Å². The molecule has 0 fully saturated rings. The molecule has 6 heteroatoms.